The van der Waals surface area contributed by atoms with Crippen molar-refractivity contribution in [2.75, 3.05) is 25.0 Å². The molecule has 0 bridgehead atoms. The number of hydrogen-bond acceptors (Lipinski definition) is 5. The molecule has 0 spiro atoms. The first kappa shape index (κ1) is 22.8. The Kier molecular flexibility index (Phi) is 9.07. The number of hydrogen-bond donors (Lipinski definition) is 3. The molecule has 2 aromatic rings. The molecule has 0 radical (unpaired) electrons. The molecule has 1 fully saturated rings. The molecular formula is C17H22Cl2N4O4. The number of nitrogens with one attached hydrogen (secondary N) is 2. The number of aliphatic carboxylic acids is 1. The lowest BCUT2D eigenvalue weighted by atomic mass is 10.1. The maximum Gasteiger partial charge on any atom is 0.341 e. The van der Waals surface area contributed by atoms with Gasteiger partial charge in [0.15, 0.2) is 6.61 Å². The summed E-state index contributed by atoms with van der Waals surface area (Å²) in [5.41, 5.74) is 0.953. The van der Waals surface area contributed by atoms with Crippen LogP contribution in [0.1, 0.15) is 29.4 Å². The highest BCUT2D eigenvalue weighted by atomic mass is 35.5. The normalized spacial score (nSPS) is 13.8. The van der Waals surface area contributed by atoms with Crippen LogP contribution in [0.2, 0.25) is 0 Å². The molecule has 1 aliphatic rings. The van der Waals surface area contributed by atoms with E-state index in [1.807, 2.05) is 4.57 Å². The van der Waals surface area contributed by atoms with Crippen LogP contribution in [0, 0.1) is 0 Å². The molecule has 1 amide bonds. The Bertz CT molecular complexity index is 746. The molecule has 27 heavy (non-hydrogen) atoms. The zero-order chi connectivity index (χ0) is 17.6. The van der Waals surface area contributed by atoms with E-state index in [1.54, 1.807) is 36.8 Å². The zero-order valence-electron chi connectivity index (χ0n) is 14.5. The number of carboxylic acid groups (broad SMARTS) is 1. The van der Waals surface area contributed by atoms with Crippen LogP contribution in [0.3, 0.4) is 0 Å². The maximum absolute atomic E-state index is 12.3. The number of ether oxygens (including phenoxy) is 1. The van der Waals surface area contributed by atoms with E-state index in [1.165, 1.54) is 0 Å². The predicted molar refractivity (Wildman–Crippen MR) is 105 cm³/mol. The lowest BCUT2D eigenvalue weighted by molar-refractivity contribution is -0.139. The lowest BCUT2D eigenvalue weighted by Crippen LogP contribution is -2.29. The second kappa shape index (κ2) is 10.8. The third-order valence-corrected chi connectivity index (χ3v) is 4.04. The van der Waals surface area contributed by atoms with Crippen LogP contribution in [0.5, 0.6) is 5.75 Å². The molecule has 0 unspecified atom stereocenters. The first-order valence-electron chi connectivity index (χ1n) is 8.12. The molecule has 1 aliphatic heterocycles. The molecule has 8 nitrogen and oxygen atoms in total. The van der Waals surface area contributed by atoms with Crippen LogP contribution in [0.25, 0.3) is 0 Å². The molecule has 1 aromatic heterocycles. The van der Waals surface area contributed by atoms with E-state index < -0.39 is 12.6 Å². The van der Waals surface area contributed by atoms with E-state index in [0.29, 0.717) is 23.2 Å². The average Bonchev–Trinajstić information content (AvgIpc) is 3.12. The van der Waals surface area contributed by atoms with Crippen LogP contribution in [-0.2, 0) is 4.79 Å². The first-order chi connectivity index (χ1) is 12.1. The summed E-state index contributed by atoms with van der Waals surface area (Å²) in [5.74, 6) is -0.899. The van der Waals surface area contributed by atoms with Crippen molar-refractivity contribution in [3.05, 3.63) is 42.5 Å². The second-order valence-electron chi connectivity index (χ2n) is 5.85. The molecule has 0 saturated carbocycles. The molecule has 10 heteroatoms. The monoisotopic (exact) mass is 416 g/mol. The van der Waals surface area contributed by atoms with Crippen molar-refractivity contribution in [1.82, 2.24) is 14.9 Å². The van der Waals surface area contributed by atoms with Gasteiger partial charge in [-0.25, -0.2) is 9.78 Å². The van der Waals surface area contributed by atoms with E-state index >= 15 is 0 Å². The number of rotatable bonds is 6. The largest absolute Gasteiger partial charge is 0.482 e. The third-order valence-electron chi connectivity index (χ3n) is 4.04. The Morgan fingerprint density at radius 3 is 2.52 bits per heavy atom. The number of piperidine rings is 1. The fraction of sp³-hybridized carbons (Fsp3) is 0.353. The van der Waals surface area contributed by atoms with Gasteiger partial charge in [-0.2, -0.15) is 0 Å². The van der Waals surface area contributed by atoms with Gasteiger partial charge in [-0.15, -0.1) is 24.8 Å². The summed E-state index contributed by atoms with van der Waals surface area (Å²) in [6, 6.07) is 6.89. The highest BCUT2D eigenvalue weighted by Crippen LogP contribution is 2.19. The van der Waals surface area contributed by atoms with Crippen molar-refractivity contribution in [2.45, 2.75) is 18.9 Å². The van der Waals surface area contributed by atoms with E-state index in [4.69, 9.17) is 9.84 Å². The predicted octanol–water partition coefficient (Wildman–Crippen LogP) is 2.37. The van der Waals surface area contributed by atoms with Gasteiger partial charge in [0.1, 0.15) is 11.4 Å². The number of carboxylic acids is 1. The molecule has 0 atom stereocenters. The summed E-state index contributed by atoms with van der Waals surface area (Å²) in [5, 5.41) is 14.7. The molecule has 1 aromatic carbocycles. The number of benzene rings is 1. The summed E-state index contributed by atoms with van der Waals surface area (Å²) in [7, 11) is 0. The van der Waals surface area contributed by atoms with Gasteiger partial charge in [0.25, 0.3) is 5.91 Å². The van der Waals surface area contributed by atoms with Gasteiger partial charge >= 0.3 is 5.97 Å². The minimum Gasteiger partial charge on any atom is -0.482 e. The molecule has 1 saturated heterocycles. The summed E-state index contributed by atoms with van der Waals surface area (Å²) < 4.78 is 7.05. The number of amides is 1. The number of anilines is 1. The minimum atomic E-state index is -1.04. The standard InChI is InChI=1S/C17H20N4O4.2ClH/c22-16(23)10-25-14-3-1-12(2-4-14)20-17(24)15-9-21(11-19-15)13-5-7-18-8-6-13;;/h1-4,9,11,13,18H,5-8,10H2,(H,20,24)(H,22,23);2*1H. The SMILES string of the molecule is Cl.Cl.O=C(O)COc1ccc(NC(=O)c2cn(C3CCNCC3)cn2)cc1. The summed E-state index contributed by atoms with van der Waals surface area (Å²) >= 11 is 0. The Morgan fingerprint density at radius 2 is 1.89 bits per heavy atom. The van der Waals surface area contributed by atoms with Gasteiger partial charge in [0.05, 0.1) is 6.33 Å². The minimum absolute atomic E-state index is 0. The van der Waals surface area contributed by atoms with Crippen LogP contribution in [-0.4, -0.2) is 46.2 Å². The van der Waals surface area contributed by atoms with Gasteiger partial charge < -0.3 is 25.0 Å². The van der Waals surface area contributed by atoms with Gasteiger partial charge in [0, 0.05) is 17.9 Å². The van der Waals surface area contributed by atoms with Crippen molar-refractivity contribution in [1.29, 1.82) is 0 Å². The fourth-order valence-electron chi connectivity index (χ4n) is 2.73. The Morgan fingerprint density at radius 1 is 1.22 bits per heavy atom. The van der Waals surface area contributed by atoms with Crippen molar-refractivity contribution in [3.63, 3.8) is 0 Å². The number of nitrogens with zero attached hydrogens (tertiary/aromatic N) is 2. The molecule has 2 heterocycles. The number of carbonyl (C=O) groups is 2. The number of halogens is 2. The molecule has 3 rings (SSSR count). The van der Waals surface area contributed by atoms with Gasteiger partial charge in [0.2, 0.25) is 0 Å². The molecular weight excluding hydrogens is 395 g/mol. The second-order valence-corrected chi connectivity index (χ2v) is 5.85. The Balaban J connectivity index is 0.00000182. The molecule has 3 N–H and O–H groups in total. The van der Waals surface area contributed by atoms with Gasteiger partial charge in [-0.3, -0.25) is 4.79 Å². The number of imidazole rings is 1. The van der Waals surface area contributed by atoms with Crippen LogP contribution in [0.4, 0.5) is 5.69 Å². The summed E-state index contributed by atoms with van der Waals surface area (Å²) in [6.45, 7) is 1.54. The van der Waals surface area contributed by atoms with Crippen LogP contribution < -0.4 is 15.4 Å². The van der Waals surface area contributed by atoms with Crippen LogP contribution >= 0.6 is 24.8 Å². The number of aromatic nitrogens is 2. The molecule has 0 aliphatic carbocycles. The van der Waals surface area contributed by atoms with Crippen LogP contribution in [0.15, 0.2) is 36.8 Å². The number of carbonyl (C=O) groups excluding carboxylic acids is 1. The smallest absolute Gasteiger partial charge is 0.341 e. The highest BCUT2D eigenvalue weighted by molar-refractivity contribution is 6.02. The van der Waals surface area contributed by atoms with Crippen molar-refractivity contribution < 1.29 is 19.4 Å². The van der Waals surface area contributed by atoms with E-state index in [-0.39, 0.29) is 30.7 Å². The average molecular weight is 417 g/mol. The van der Waals surface area contributed by atoms with Crippen molar-refractivity contribution in [3.8, 4) is 5.75 Å². The third kappa shape index (κ3) is 6.42. The Labute approximate surface area is 169 Å². The van der Waals surface area contributed by atoms with E-state index in [9.17, 15) is 9.59 Å². The molecule has 148 valence electrons. The zero-order valence-corrected chi connectivity index (χ0v) is 16.1. The fourth-order valence-corrected chi connectivity index (χ4v) is 2.73. The lowest BCUT2D eigenvalue weighted by Gasteiger charge is -2.23. The van der Waals surface area contributed by atoms with Gasteiger partial charge in [-0.1, -0.05) is 0 Å². The van der Waals surface area contributed by atoms with Crippen molar-refractivity contribution >= 4 is 42.4 Å². The maximum atomic E-state index is 12.3. The Hall–Kier alpha value is -2.29. The van der Waals surface area contributed by atoms with E-state index in [2.05, 4.69) is 15.6 Å². The first-order valence-corrected chi connectivity index (χ1v) is 8.12. The summed E-state index contributed by atoms with van der Waals surface area (Å²) in [6.07, 6.45) is 5.52. The topological polar surface area (TPSA) is 105 Å². The van der Waals surface area contributed by atoms with Gasteiger partial charge in [-0.05, 0) is 50.2 Å². The van der Waals surface area contributed by atoms with E-state index in [0.717, 1.165) is 25.9 Å². The van der Waals surface area contributed by atoms with Crippen molar-refractivity contribution in [2.24, 2.45) is 0 Å². The summed E-state index contributed by atoms with van der Waals surface area (Å²) in [4.78, 5) is 27.0. The highest BCUT2D eigenvalue weighted by Gasteiger charge is 2.17. The quantitative estimate of drug-likeness (QED) is 0.667.